The van der Waals surface area contributed by atoms with Crippen LogP contribution < -0.4 is 0 Å². The summed E-state index contributed by atoms with van der Waals surface area (Å²) in [6.45, 7) is 5.54. The van der Waals surface area contributed by atoms with E-state index in [9.17, 15) is 14.0 Å². The lowest BCUT2D eigenvalue weighted by molar-refractivity contribution is -0.135. The van der Waals surface area contributed by atoms with Crippen LogP contribution in [0.2, 0.25) is 0 Å². The fourth-order valence-electron chi connectivity index (χ4n) is 4.98. The maximum Gasteiger partial charge on any atom is 0.228 e. The van der Waals surface area contributed by atoms with Gasteiger partial charge in [0.1, 0.15) is 5.82 Å². The number of piperidine rings is 1. The van der Waals surface area contributed by atoms with E-state index in [2.05, 4.69) is 23.7 Å². The van der Waals surface area contributed by atoms with Gasteiger partial charge in [-0.05, 0) is 30.5 Å². The average Bonchev–Trinajstić information content (AvgIpc) is 3.03. The van der Waals surface area contributed by atoms with Crippen molar-refractivity contribution >= 4 is 11.8 Å². The van der Waals surface area contributed by atoms with Gasteiger partial charge in [-0.25, -0.2) is 4.39 Å². The first kappa shape index (κ1) is 20.3. The highest BCUT2D eigenvalue weighted by molar-refractivity contribution is 5.82. The van der Waals surface area contributed by atoms with Gasteiger partial charge in [0.05, 0.1) is 18.2 Å². The second-order valence-corrected chi connectivity index (χ2v) is 8.09. The monoisotopic (exact) mass is 407 g/mol. The largest absolute Gasteiger partial charge is 0.342 e. The molecule has 4 rings (SSSR count). The van der Waals surface area contributed by atoms with Crippen LogP contribution in [0, 0.1) is 5.82 Å². The molecule has 1 spiro atoms. The molecular formula is C24H26FN3O2. The predicted molar refractivity (Wildman–Crippen MR) is 112 cm³/mol. The summed E-state index contributed by atoms with van der Waals surface area (Å²) in [6, 6.07) is 13.1. The topological polar surface area (TPSA) is 53.5 Å². The molecule has 0 radical (unpaired) electrons. The molecule has 0 aliphatic carbocycles. The van der Waals surface area contributed by atoms with E-state index in [1.807, 2.05) is 28.0 Å². The van der Waals surface area contributed by atoms with Crippen molar-refractivity contribution in [3.05, 3.63) is 78.4 Å². The van der Waals surface area contributed by atoms with Crippen LogP contribution in [0.25, 0.3) is 0 Å². The van der Waals surface area contributed by atoms with E-state index < -0.39 is 5.82 Å². The minimum Gasteiger partial charge on any atom is -0.342 e. The van der Waals surface area contributed by atoms with Crippen molar-refractivity contribution in [3.63, 3.8) is 0 Å². The molecule has 1 unspecified atom stereocenters. The summed E-state index contributed by atoms with van der Waals surface area (Å²) in [4.78, 5) is 33.4. The van der Waals surface area contributed by atoms with E-state index in [0.717, 1.165) is 19.0 Å². The first-order chi connectivity index (χ1) is 14.5. The summed E-state index contributed by atoms with van der Waals surface area (Å²) in [7, 11) is 0. The van der Waals surface area contributed by atoms with E-state index >= 15 is 0 Å². The number of amides is 2. The van der Waals surface area contributed by atoms with Crippen molar-refractivity contribution in [2.24, 2.45) is 0 Å². The van der Waals surface area contributed by atoms with Crippen LogP contribution in [0.15, 0.2) is 61.3 Å². The number of aromatic nitrogens is 1. The number of carbonyl (C=O) groups excluding carboxylic acids is 2. The minimum atomic E-state index is -0.411. The standard InChI is InChI=1S/C24H26FN3O2/c1-2-12-28-23(30)16-21(18-6-4-3-5-7-18)24(28)10-13-27(14-11-24)22(29)15-20-9-8-19(25)17-26-20/h2-9,17,21H,1,10-16H2. The van der Waals surface area contributed by atoms with Gasteiger partial charge in [-0.2, -0.15) is 0 Å². The van der Waals surface area contributed by atoms with Gasteiger partial charge >= 0.3 is 0 Å². The number of rotatable bonds is 5. The Morgan fingerprint density at radius 1 is 1.20 bits per heavy atom. The smallest absolute Gasteiger partial charge is 0.228 e. The highest BCUT2D eigenvalue weighted by atomic mass is 19.1. The maximum absolute atomic E-state index is 13.1. The van der Waals surface area contributed by atoms with Gasteiger partial charge in [0.2, 0.25) is 11.8 Å². The van der Waals surface area contributed by atoms with E-state index in [4.69, 9.17) is 0 Å². The zero-order chi connectivity index (χ0) is 21.1. The Kier molecular flexibility index (Phi) is 5.66. The van der Waals surface area contributed by atoms with E-state index in [1.54, 1.807) is 12.1 Å². The van der Waals surface area contributed by atoms with Crippen molar-refractivity contribution < 1.29 is 14.0 Å². The summed E-state index contributed by atoms with van der Waals surface area (Å²) in [6.07, 6.45) is 5.03. The number of halogens is 1. The van der Waals surface area contributed by atoms with Crippen molar-refractivity contribution in [1.82, 2.24) is 14.8 Å². The number of likely N-dealkylation sites (tertiary alicyclic amines) is 2. The fraction of sp³-hybridized carbons (Fsp3) is 0.375. The van der Waals surface area contributed by atoms with Gasteiger partial charge in [-0.3, -0.25) is 14.6 Å². The lowest BCUT2D eigenvalue weighted by Gasteiger charge is -2.48. The molecule has 1 aromatic carbocycles. The number of pyridine rings is 1. The van der Waals surface area contributed by atoms with Crippen molar-refractivity contribution in [2.45, 2.75) is 37.1 Å². The van der Waals surface area contributed by atoms with Crippen LogP contribution in [-0.4, -0.2) is 51.8 Å². The summed E-state index contributed by atoms with van der Waals surface area (Å²) in [5.41, 5.74) is 1.44. The van der Waals surface area contributed by atoms with Crippen LogP contribution >= 0.6 is 0 Å². The fourth-order valence-corrected chi connectivity index (χ4v) is 4.98. The van der Waals surface area contributed by atoms with E-state index in [0.29, 0.717) is 31.7 Å². The highest BCUT2D eigenvalue weighted by Crippen LogP contribution is 2.48. The summed E-state index contributed by atoms with van der Waals surface area (Å²) >= 11 is 0. The molecule has 0 bridgehead atoms. The Balaban J connectivity index is 1.51. The third-order valence-corrected chi connectivity index (χ3v) is 6.48. The minimum absolute atomic E-state index is 0.0141. The quantitative estimate of drug-likeness (QED) is 0.715. The predicted octanol–water partition coefficient (Wildman–Crippen LogP) is 3.33. The second kappa shape index (κ2) is 8.38. The Hall–Kier alpha value is -3.02. The normalized spacial score (nSPS) is 20.6. The third-order valence-electron chi connectivity index (χ3n) is 6.48. The first-order valence-electron chi connectivity index (χ1n) is 10.4. The Labute approximate surface area is 176 Å². The van der Waals surface area contributed by atoms with Gasteiger partial charge in [0.25, 0.3) is 0 Å². The molecule has 6 heteroatoms. The van der Waals surface area contributed by atoms with Gasteiger partial charge in [0, 0.05) is 37.7 Å². The van der Waals surface area contributed by atoms with Crippen LogP contribution in [0.5, 0.6) is 0 Å². The number of hydrogen-bond donors (Lipinski definition) is 0. The van der Waals surface area contributed by atoms with Crippen LogP contribution in [0.1, 0.15) is 36.4 Å². The Morgan fingerprint density at radius 2 is 1.93 bits per heavy atom. The third kappa shape index (κ3) is 3.74. The van der Waals surface area contributed by atoms with Gasteiger partial charge < -0.3 is 9.80 Å². The summed E-state index contributed by atoms with van der Waals surface area (Å²) in [5.74, 6) is -0.160. The molecule has 2 fully saturated rings. The maximum atomic E-state index is 13.1. The van der Waals surface area contributed by atoms with Gasteiger partial charge in [-0.1, -0.05) is 36.4 Å². The second-order valence-electron chi connectivity index (χ2n) is 8.09. The molecule has 1 atom stereocenters. The Bertz CT molecular complexity index is 921. The molecular weight excluding hydrogens is 381 g/mol. The van der Waals surface area contributed by atoms with Crippen molar-refractivity contribution in [3.8, 4) is 0 Å². The molecule has 5 nitrogen and oxygen atoms in total. The summed E-state index contributed by atoms with van der Waals surface area (Å²) in [5, 5.41) is 0. The molecule has 3 heterocycles. The molecule has 156 valence electrons. The molecule has 30 heavy (non-hydrogen) atoms. The molecule has 2 saturated heterocycles. The number of nitrogens with zero attached hydrogens (tertiary/aromatic N) is 3. The molecule has 2 amide bonds. The van der Waals surface area contributed by atoms with E-state index in [-0.39, 0.29) is 29.7 Å². The number of hydrogen-bond acceptors (Lipinski definition) is 3. The molecule has 0 N–H and O–H groups in total. The first-order valence-corrected chi connectivity index (χ1v) is 10.4. The molecule has 0 saturated carbocycles. The zero-order valence-corrected chi connectivity index (χ0v) is 17.0. The molecule has 2 aromatic rings. The van der Waals surface area contributed by atoms with Crippen LogP contribution in [0.4, 0.5) is 4.39 Å². The van der Waals surface area contributed by atoms with Crippen molar-refractivity contribution in [2.75, 3.05) is 19.6 Å². The lowest BCUT2D eigenvalue weighted by atomic mass is 9.73. The van der Waals surface area contributed by atoms with Gasteiger partial charge in [0.15, 0.2) is 0 Å². The SMILES string of the molecule is C=CCN1C(=O)CC(c2ccccc2)C12CCN(C(=O)Cc1ccc(F)cn1)CC2. The zero-order valence-electron chi connectivity index (χ0n) is 17.0. The molecule has 1 aromatic heterocycles. The van der Waals surface area contributed by atoms with Gasteiger partial charge in [-0.15, -0.1) is 6.58 Å². The highest BCUT2D eigenvalue weighted by Gasteiger charge is 2.53. The number of carbonyl (C=O) groups is 2. The number of benzene rings is 1. The molecule has 2 aliphatic rings. The lowest BCUT2D eigenvalue weighted by Crippen LogP contribution is -2.56. The van der Waals surface area contributed by atoms with Crippen LogP contribution in [-0.2, 0) is 16.0 Å². The Morgan fingerprint density at radius 3 is 2.57 bits per heavy atom. The van der Waals surface area contributed by atoms with E-state index in [1.165, 1.54) is 11.6 Å². The van der Waals surface area contributed by atoms with Crippen LogP contribution in [0.3, 0.4) is 0 Å². The molecule has 2 aliphatic heterocycles. The van der Waals surface area contributed by atoms with Crippen molar-refractivity contribution in [1.29, 1.82) is 0 Å². The summed E-state index contributed by atoms with van der Waals surface area (Å²) < 4.78 is 13.1. The average molecular weight is 407 g/mol.